The third-order valence-corrected chi connectivity index (χ3v) is 5.86. The molecule has 0 spiro atoms. The first-order valence-corrected chi connectivity index (χ1v) is 12.1. The lowest BCUT2D eigenvalue weighted by Crippen LogP contribution is -2.61. The second-order valence-electron chi connectivity index (χ2n) is 8.51. The zero-order chi connectivity index (χ0) is 26.9. The van der Waals surface area contributed by atoms with E-state index in [1.165, 1.54) is 0 Å². The number of aliphatic hydroxyl groups is 1. The SMILES string of the molecule is C[C@@H]1OC(OCCO)[C@@H](OC(=O)c2ccccc2)[C@H](OC(=O)c2ccccc2)[C@@H]1OC(=O)c1ccccc1. The Morgan fingerprint density at radius 1 is 0.658 bits per heavy atom. The molecule has 1 fully saturated rings. The van der Waals surface area contributed by atoms with E-state index in [2.05, 4.69) is 0 Å². The second kappa shape index (κ2) is 13.0. The van der Waals surface area contributed by atoms with Crippen LogP contribution < -0.4 is 0 Å². The van der Waals surface area contributed by atoms with Gasteiger partial charge in [-0.25, -0.2) is 14.4 Å². The number of carbonyl (C=O) groups is 3. The highest BCUT2D eigenvalue weighted by Crippen LogP contribution is 2.31. The van der Waals surface area contributed by atoms with E-state index in [1.54, 1.807) is 97.9 Å². The van der Waals surface area contributed by atoms with Gasteiger partial charge < -0.3 is 28.8 Å². The summed E-state index contributed by atoms with van der Waals surface area (Å²) in [4.78, 5) is 39.1. The van der Waals surface area contributed by atoms with Crippen molar-refractivity contribution < 1.29 is 43.2 Å². The normalized spacial score (nSPS) is 22.7. The van der Waals surface area contributed by atoms with Gasteiger partial charge in [0.2, 0.25) is 0 Å². The van der Waals surface area contributed by atoms with Crippen LogP contribution in [0.3, 0.4) is 0 Å². The van der Waals surface area contributed by atoms with Crippen molar-refractivity contribution >= 4 is 17.9 Å². The molecule has 198 valence electrons. The number of aliphatic hydroxyl groups excluding tert-OH is 1. The van der Waals surface area contributed by atoms with Gasteiger partial charge in [0.1, 0.15) is 0 Å². The minimum absolute atomic E-state index is 0.134. The Kier molecular flexibility index (Phi) is 9.21. The van der Waals surface area contributed by atoms with Gasteiger partial charge in [-0.1, -0.05) is 54.6 Å². The average Bonchev–Trinajstić information content (AvgIpc) is 2.96. The van der Waals surface area contributed by atoms with Crippen LogP contribution in [-0.4, -0.2) is 66.9 Å². The quantitative estimate of drug-likeness (QED) is 0.334. The molecule has 1 aliphatic rings. The molecule has 5 atom stereocenters. The van der Waals surface area contributed by atoms with Crippen molar-refractivity contribution in [1.82, 2.24) is 0 Å². The highest BCUT2D eigenvalue weighted by atomic mass is 16.7. The maximum Gasteiger partial charge on any atom is 0.338 e. The van der Waals surface area contributed by atoms with Gasteiger partial charge in [-0.15, -0.1) is 0 Å². The van der Waals surface area contributed by atoms with Crippen molar-refractivity contribution in [3.8, 4) is 0 Å². The molecule has 0 saturated carbocycles. The predicted octanol–water partition coefficient (Wildman–Crippen LogP) is 3.42. The molecule has 3 aromatic carbocycles. The summed E-state index contributed by atoms with van der Waals surface area (Å²) in [5, 5.41) is 9.32. The van der Waals surface area contributed by atoms with Gasteiger partial charge in [-0.3, -0.25) is 0 Å². The molecule has 0 aliphatic carbocycles. The molecule has 0 radical (unpaired) electrons. The molecule has 0 aromatic heterocycles. The molecular formula is C29H28O9. The van der Waals surface area contributed by atoms with Crippen LogP contribution in [0.15, 0.2) is 91.0 Å². The molecule has 0 amide bonds. The van der Waals surface area contributed by atoms with E-state index in [0.717, 1.165) is 0 Å². The van der Waals surface area contributed by atoms with Crippen LogP contribution in [0.1, 0.15) is 38.0 Å². The summed E-state index contributed by atoms with van der Waals surface area (Å²) in [5.41, 5.74) is 0.781. The summed E-state index contributed by atoms with van der Waals surface area (Å²) < 4.78 is 28.9. The number of benzene rings is 3. The molecule has 4 rings (SSSR count). The van der Waals surface area contributed by atoms with Crippen molar-refractivity contribution in [2.45, 2.75) is 37.6 Å². The highest BCUT2D eigenvalue weighted by molar-refractivity contribution is 5.91. The van der Waals surface area contributed by atoms with Gasteiger partial charge in [0.15, 0.2) is 24.6 Å². The third-order valence-electron chi connectivity index (χ3n) is 5.86. The van der Waals surface area contributed by atoms with Crippen molar-refractivity contribution in [3.63, 3.8) is 0 Å². The van der Waals surface area contributed by atoms with Crippen molar-refractivity contribution in [2.75, 3.05) is 13.2 Å². The van der Waals surface area contributed by atoms with E-state index in [4.69, 9.17) is 23.7 Å². The maximum atomic E-state index is 13.1. The molecule has 0 bridgehead atoms. The highest BCUT2D eigenvalue weighted by Gasteiger charge is 2.51. The first kappa shape index (κ1) is 27.0. The lowest BCUT2D eigenvalue weighted by atomic mass is 9.98. The summed E-state index contributed by atoms with van der Waals surface area (Å²) >= 11 is 0. The standard InChI is InChI=1S/C29H28O9/c1-19-23(36-26(31)20-11-5-2-6-12-20)24(37-27(32)21-13-7-3-8-14-21)25(29(35-19)34-18-17-30)38-28(33)22-15-9-4-10-16-22/h2-16,19,23-25,29-30H,17-18H2,1H3/t19-,23+,24+,25-,29?/m0/s1. The fourth-order valence-corrected chi connectivity index (χ4v) is 4.00. The molecule has 9 nitrogen and oxygen atoms in total. The number of carbonyl (C=O) groups excluding carboxylic acids is 3. The summed E-state index contributed by atoms with van der Waals surface area (Å²) in [7, 11) is 0. The van der Waals surface area contributed by atoms with Gasteiger partial charge in [0, 0.05) is 0 Å². The third kappa shape index (κ3) is 6.63. The minimum atomic E-state index is -1.33. The van der Waals surface area contributed by atoms with Crippen LogP contribution in [0.25, 0.3) is 0 Å². The minimum Gasteiger partial charge on any atom is -0.452 e. The van der Waals surface area contributed by atoms with Crippen LogP contribution in [0.5, 0.6) is 0 Å². The molecule has 1 unspecified atom stereocenters. The van der Waals surface area contributed by atoms with Crippen molar-refractivity contribution in [1.29, 1.82) is 0 Å². The zero-order valence-corrected chi connectivity index (χ0v) is 20.7. The van der Waals surface area contributed by atoms with E-state index < -0.39 is 48.6 Å². The van der Waals surface area contributed by atoms with Crippen molar-refractivity contribution in [3.05, 3.63) is 108 Å². The fourth-order valence-electron chi connectivity index (χ4n) is 4.00. The second-order valence-corrected chi connectivity index (χ2v) is 8.51. The van der Waals surface area contributed by atoms with Gasteiger partial charge in [0.05, 0.1) is 36.0 Å². The van der Waals surface area contributed by atoms with E-state index in [0.29, 0.717) is 0 Å². The Bertz CT molecular complexity index is 1200. The van der Waals surface area contributed by atoms with Gasteiger partial charge >= 0.3 is 17.9 Å². The number of hydrogen-bond acceptors (Lipinski definition) is 9. The van der Waals surface area contributed by atoms with Gasteiger partial charge in [-0.2, -0.15) is 0 Å². The predicted molar refractivity (Wildman–Crippen MR) is 134 cm³/mol. The Morgan fingerprint density at radius 2 is 1.05 bits per heavy atom. The number of esters is 3. The first-order chi connectivity index (χ1) is 18.5. The maximum absolute atomic E-state index is 13.1. The number of hydrogen-bond donors (Lipinski definition) is 1. The molecule has 1 saturated heterocycles. The molecule has 1 N–H and O–H groups in total. The lowest BCUT2D eigenvalue weighted by molar-refractivity contribution is -0.291. The van der Waals surface area contributed by atoms with Crippen LogP contribution in [0.2, 0.25) is 0 Å². The zero-order valence-electron chi connectivity index (χ0n) is 20.7. The summed E-state index contributed by atoms with van der Waals surface area (Å²) in [6.45, 7) is 1.16. The fraction of sp³-hybridized carbons (Fsp3) is 0.276. The summed E-state index contributed by atoms with van der Waals surface area (Å²) in [6.07, 6.45) is -5.82. The molecular weight excluding hydrogens is 492 g/mol. The van der Waals surface area contributed by atoms with Gasteiger partial charge in [0.25, 0.3) is 0 Å². The first-order valence-electron chi connectivity index (χ1n) is 12.1. The average molecular weight is 521 g/mol. The van der Waals surface area contributed by atoms with Gasteiger partial charge in [-0.05, 0) is 43.3 Å². The van der Waals surface area contributed by atoms with E-state index in [-0.39, 0.29) is 29.9 Å². The number of rotatable bonds is 9. The Hall–Kier alpha value is -4.05. The van der Waals surface area contributed by atoms with E-state index in [9.17, 15) is 19.5 Å². The van der Waals surface area contributed by atoms with Crippen LogP contribution >= 0.6 is 0 Å². The lowest BCUT2D eigenvalue weighted by Gasteiger charge is -2.43. The molecule has 9 heteroatoms. The molecule has 3 aromatic rings. The Labute approximate surface area is 219 Å². The topological polar surface area (TPSA) is 118 Å². The monoisotopic (exact) mass is 520 g/mol. The van der Waals surface area contributed by atoms with Crippen LogP contribution in [0.4, 0.5) is 0 Å². The molecule has 1 aliphatic heterocycles. The largest absolute Gasteiger partial charge is 0.452 e. The molecule has 38 heavy (non-hydrogen) atoms. The van der Waals surface area contributed by atoms with Crippen molar-refractivity contribution in [2.24, 2.45) is 0 Å². The smallest absolute Gasteiger partial charge is 0.338 e. The van der Waals surface area contributed by atoms with E-state index in [1.807, 2.05) is 0 Å². The summed E-state index contributed by atoms with van der Waals surface area (Å²) in [5.74, 6) is -2.11. The van der Waals surface area contributed by atoms with E-state index >= 15 is 0 Å². The number of ether oxygens (including phenoxy) is 5. The summed E-state index contributed by atoms with van der Waals surface area (Å²) in [6, 6.07) is 24.8. The molecule has 1 heterocycles. The Balaban J connectivity index is 1.68. The Morgan fingerprint density at radius 3 is 1.47 bits per heavy atom. The van der Waals surface area contributed by atoms with Crippen LogP contribution in [0, 0.1) is 0 Å². The van der Waals surface area contributed by atoms with Crippen LogP contribution in [-0.2, 0) is 23.7 Å².